The lowest BCUT2D eigenvalue weighted by Gasteiger charge is -2.17. The van der Waals surface area contributed by atoms with E-state index in [4.69, 9.17) is 32.8 Å². The zero-order valence-corrected chi connectivity index (χ0v) is 19.9. The van der Waals surface area contributed by atoms with Gasteiger partial charge < -0.3 is 19.1 Å². The second-order valence-electron chi connectivity index (χ2n) is 6.88. The molecule has 0 N–H and O–H groups in total. The van der Waals surface area contributed by atoms with E-state index >= 15 is 0 Å². The van der Waals surface area contributed by atoms with Crippen LogP contribution in [0.25, 0.3) is 10.8 Å². The summed E-state index contributed by atoms with van der Waals surface area (Å²) in [6.07, 6.45) is 2.72. The highest BCUT2D eigenvalue weighted by molar-refractivity contribution is 7.48. The first-order chi connectivity index (χ1) is 15.7. The standard InChI is InChI=1S/C23H35O8P/c1-3-5-8-14-28-32(24,29-20-19-27-18-17-26-16-15-25-4-2)31-30-23-13-9-11-21-10-6-7-12-22(21)23/h6-7,9-13H,3-5,8,14-20H2,1-2H3. The summed E-state index contributed by atoms with van der Waals surface area (Å²) in [6, 6.07) is 13.2. The van der Waals surface area contributed by atoms with Gasteiger partial charge in [0.05, 0.1) is 46.2 Å². The molecule has 0 saturated carbocycles. The molecule has 0 heterocycles. The summed E-state index contributed by atoms with van der Waals surface area (Å²) in [4.78, 5) is 5.40. The monoisotopic (exact) mass is 470 g/mol. The van der Waals surface area contributed by atoms with Gasteiger partial charge in [0.15, 0.2) is 5.75 Å². The third-order valence-electron chi connectivity index (χ3n) is 4.39. The summed E-state index contributed by atoms with van der Waals surface area (Å²) in [6.45, 7) is 7.10. The molecule has 2 aromatic rings. The van der Waals surface area contributed by atoms with Crippen molar-refractivity contribution in [3.63, 3.8) is 0 Å². The van der Waals surface area contributed by atoms with Gasteiger partial charge in [0.2, 0.25) is 0 Å². The average molecular weight is 470 g/mol. The van der Waals surface area contributed by atoms with E-state index in [1.807, 2.05) is 43.3 Å². The number of fused-ring (bicyclic) bond motifs is 1. The number of benzene rings is 2. The molecule has 0 aliphatic heterocycles. The Bertz CT molecular complexity index is 795. The number of phosphoric ester groups is 1. The van der Waals surface area contributed by atoms with Crippen LogP contribution in [0, 0.1) is 0 Å². The summed E-state index contributed by atoms with van der Waals surface area (Å²) in [7, 11) is -3.93. The third-order valence-corrected chi connectivity index (χ3v) is 5.65. The summed E-state index contributed by atoms with van der Waals surface area (Å²) in [5.41, 5.74) is 0. The van der Waals surface area contributed by atoms with Gasteiger partial charge in [-0.2, -0.15) is 0 Å². The van der Waals surface area contributed by atoms with Crippen molar-refractivity contribution in [2.45, 2.75) is 33.1 Å². The van der Waals surface area contributed by atoms with Crippen LogP contribution < -0.4 is 4.89 Å². The van der Waals surface area contributed by atoms with Gasteiger partial charge in [-0.25, -0.2) is 4.57 Å². The van der Waals surface area contributed by atoms with E-state index in [0.29, 0.717) is 38.8 Å². The molecule has 1 atom stereocenters. The van der Waals surface area contributed by atoms with Crippen LogP contribution >= 0.6 is 7.82 Å². The minimum absolute atomic E-state index is 0.0307. The number of hydrogen-bond donors (Lipinski definition) is 0. The van der Waals surface area contributed by atoms with Gasteiger partial charge in [-0.15, -0.1) is 0 Å². The fourth-order valence-corrected chi connectivity index (χ4v) is 3.74. The first-order valence-corrected chi connectivity index (χ1v) is 12.6. The molecule has 2 aromatic carbocycles. The van der Waals surface area contributed by atoms with Crippen LogP contribution in [0.4, 0.5) is 0 Å². The molecular weight excluding hydrogens is 435 g/mol. The van der Waals surface area contributed by atoms with Gasteiger partial charge >= 0.3 is 7.82 Å². The van der Waals surface area contributed by atoms with E-state index in [9.17, 15) is 4.57 Å². The van der Waals surface area contributed by atoms with Gasteiger partial charge in [-0.3, -0.25) is 9.05 Å². The fourth-order valence-electron chi connectivity index (χ4n) is 2.76. The summed E-state index contributed by atoms with van der Waals surface area (Å²) < 4.78 is 45.1. The minimum atomic E-state index is -3.93. The Labute approximate surface area is 190 Å². The number of unbranched alkanes of at least 4 members (excludes halogenated alkanes) is 2. The number of phosphoric acid groups is 1. The molecule has 32 heavy (non-hydrogen) atoms. The number of ether oxygens (including phenoxy) is 3. The van der Waals surface area contributed by atoms with Gasteiger partial charge in [-0.05, 0) is 24.8 Å². The van der Waals surface area contributed by atoms with Crippen molar-refractivity contribution in [3.8, 4) is 5.75 Å². The van der Waals surface area contributed by atoms with E-state index in [0.717, 1.165) is 30.0 Å². The van der Waals surface area contributed by atoms with Gasteiger partial charge in [-0.1, -0.05) is 60.8 Å². The minimum Gasteiger partial charge on any atom is -0.379 e. The Morgan fingerprint density at radius 2 is 1.38 bits per heavy atom. The smallest absolute Gasteiger partial charge is 0.379 e. The maximum atomic E-state index is 13.0. The van der Waals surface area contributed by atoms with Crippen LogP contribution in [-0.4, -0.2) is 52.9 Å². The summed E-state index contributed by atoms with van der Waals surface area (Å²) in [5.74, 6) is 0.435. The molecule has 9 heteroatoms. The largest absolute Gasteiger partial charge is 0.511 e. The second kappa shape index (κ2) is 16.2. The van der Waals surface area contributed by atoms with E-state index in [1.165, 1.54) is 0 Å². The predicted molar refractivity (Wildman–Crippen MR) is 123 cm³/mol. The van der Waals surface area contributed by atoms with Crippen LogP contribution in [-0.2, 0) is 32.5 Å². The van der Waals surface area contributed by atoms with Crippen molar-refractivity contribution in [3.05, 3.63) is 42.5 Å². The number of rotatable bonds is 19. The molecule has 8 nitrogen and oxygen atoms in total. The van der Waals surface area contributed by atoms with Crippen molar-refractivity contribution in [1.29, 1.82) is 0 Å². The van der Waals surface area contributed by atoms with Crippen LogP contribution in [0.3, 0.4) is 0 Å². The first-order valence-electron chi connectivity index (χ1n) is 11.1. The molecule has 0 spiro atoms. The Hall–Kier alpha value is -1.51. The lowest BCUT2D eigenvalue weighted by atomic mass is 10.1. The SMILES string of the molecule is CCCCCOP(=O)(OCCOCCOCCOCC)OOc1cccc2ccccc12. The van der Waals surface area contributed by atoms with Gasteiger partial charge in [0.1, 0.15) is 0 Å². The average Bonchev–Trinajstić information content (AvgIpc) is 2.82. The quantitative estimate of drug-likeness (QED) is 0.114. The Balaban J connectivity index is 1.79. The zero-order chi connectivity index (χ0) is 22.9. The summed E-state index contributed by atoms with van der Waals surface area (Å²) in [5, 5.41) is 1.81. The topological polar surface area (TPSA) is 81.7 Å². The first kappa shape index (κ1) is 26.7. The highest BCUT2D eigenvalue weighted by atomic mass is 31.2. The molecule has 0 fully saturated rings. The molecular formula is C23H35O8P. The molecule has 0 aliphatic carbocycles. The molecule has 0 aromatic heterocycles. The lowest BCUT2D eigenvalue weighted by molar-refractivity contribution is -0.132. The molecule has 2 rings (SSSR count). The van der Waals surface area contributed by atoms with Crippen molar-refractivity contribution in [1.82, 2.24) is 0 Å². The van der Waals surface area contributed by atoms with Crippen LogP contribution in [0.5, 0.6) is 5.75 Å². The van der Waals surface area contributed by atoms with Crippen molar-refractivity contribution in [2.24, 2.45) is 0 Å². The maximum Gasteiger partial charge on any atom is 0.511 e. The van der Waals surface area contributed by atoms with E-state index in [1.54, 1.807) is 6.07 Å². The zero-order valence-electron chi connectivity index (χ0n) is 19.0. The van der Waals surface area contributed by atoms with Gasteiger partial charge in [0.25, 0.3) is 0 Å². The molecule has 1 unspecified atom stereocenters. The van der Waals surface area contributed by atoms with E-state index in [-0.39, 0.29) is 19.8 Å². The normalized spacial score (nSPS) is 13.3. The highest BCUT2D eigenvalue weighted by Crippen LogP contribution is 2.50. The number of hydrogen-bond acceptors (Lipinski definition) is 8. The lowest BCUT2D eigenvalue weighted by Crippen LogP contribution is -2.12. The van der Waals surface area contributed by atoms with Crippen LogP contribution in [0.2, 0.25) is 0 Å². The second-order valence-corrected chi connectivity index (χ2v) is 8.44. The molecule has 0 saturated heterocycles. The molecule has 0 radical (unpaired) electrons. The van der Waals surface area contributed by atoms with Crippen molar-refractivity contribution >= 4 is 18.6 Å². The Kier molecular flexibility index (Phi) is 13.5. The maximum absolute atomic E-state index is 13.0. The highest BCUT2D eigenvalue weighted by Gasteiger charge is 2.29. The van der Waals surface area contributed by atoms with Crippen LogP contribution in [0.15, 0.2) is 42.5 Å². The van der Waals surface area contributed by atoms with Crippen molar-refractivity contribution in [2.75, 3.05) is 52.9 Å². The molecule has 0 amide bonds. The third kappa shape index (κ3) is 10.4. The summed E-state index contributed by atoms with van der Waals surface area (Å²) >= 11 is 0. The van der Waals surface area contributed by atoms with Crippen molar-refractivity contribution < 1.29 is 37.4 Å². The predicted octanol–water partition coefficient (Wildman–Crippen LogP) is 5.55. The van der Waals surface area contributed by atoms with Crippen LogP contribution in [0.1, 0.15) is 33.1 Å². The molecule has 180 valence electrons. The van der Waals surface area contributed by atoms with Gasteiger partial charge in [0, 0.05) is 12.0 Å². The Morgan fingerprint density at radius 3 is 2.12 bits per heavy atom. The molecule has 0 aliphatic rings. The van der Waals surface area contributed by atoms with E-state index < -0.39 is 7.82 Å². The fraction of sp³-hybridized carbons (Fsp3) is 0.565. The molecule has 0 bridgehead atoms. The Morgan fingerprint density at radius 1 is 0.719 bits per heavy atom. The van der Waals surface area contributed by atoms with E-state index in [2.05, 4.69) is 6.92 Å².